The molecule has 0 radical (unpaired) electrons. The van der Waals surface area contributed by atoms with E-state index in [4.69, 9.17) is 0 Å². The lowest BCUT2D eigenvalue weighted by atomic mass is 9.99. The first-order valence-electron chi connectivity index (χ1n) is 5.61. The second-order valence-corrected chi connectivity index (χ2v) is 4.46. The van der Waals surface area contributed by atoms with Gasteiger partial charge in [0.25, 0.3) is 0 Å². The first-order chi connectivity index (χ1) is 6.35. The molecule has 1 nitrogen and oxygen atoms in total. The predicted octanol–water partition coefficient (Wildman–Crippen LogP) is 3.58. The SMILES string of the molecule is CCCCC(CC)CNCCCBr. The van der Waals surface area contributed by atoms with Crippen LogP contribution >= 0.6 is 15.9 Å². The third kappa shape index (κ3) is 8.76. The Bertz CT molecular complexity index is 96.1. The number of hydrogen-bond acceptors (Lipinski definition) is 1. The van der Waals surface area contributed by atoms with Crippen LogP contribution in [0.2, 0.25) is 0 Å². The van der Waals surface area contributed by atoms with Crippen molar-refractivity contribution in [2.24, 2.45) is 5.92 Å². The van der Waals surface area contributed by atoms with Crippen molar-refractivity contribution in [2.75, 3.05) is 18.4 Å². The summed E-state index contributed by atoms with van der Waals surface area (Å²) in [6.07, 6.45) is 6.68. The lowest BCUT2D eigenvalue weighted by Gasteiger charge is -2.14. The van der Waals surface area contributed by atoms with Crippen LogP contribution in [-0.2, 0) is 0 Å². The van der Waals surface area contributed by atoms with E-state index in [1.807, 2.05) is 0 Å². The summed E-state index contributed by atoms with van der Waals surface area (Å²) in [5, 5.41) is 4.63. The minimum Gasteiger partial charge on any atom is -0.316 e. The second kappa shape index (κ2) is 10.5. The van der Waals surface area contributed by atoms with Crippen LogP contribution in [0, 0.1) is 5.92 Å². The first-order valence-corrected chi connectivity index (χ1v) is 6.73. The van der Waals surface area contributed by atoms with E-state index >= 15 is 0 Å². The van der Waals surface area contributed by atoms with E-state index < -0.39 is 0 Å². The maximum Gasteiger partial charge on any atom is 0.00433 e. The van der Waals surface area contributed by atoms with Crippen molar-refractivity contribution < 1.29 is 0 Å². The van der Waals surface area contributed by atoms with E-state index in [1.54, 1.807) is 0 Å². The van der Waals surface area contributed by atoms with Gasteiger partial charge in [-0.15, -0.1) is 0 Å². The van der Waals surface area contributed by atoms with Crippen LogP contribution in [0.1, 0.15) is 46.0 Å². The molecule has 0 saturated carbocycles. The molecule has 0 fully saturated rings. The summed E-state index contributed by atoms with van der Waals surface area (Å²) >= 11 is 3.44. The van der Waals surface area contributed by atoms with Crippen molar-refractivity contribution in [2.45, 2.75) is 46.0 Å². The van der Waals surface area contributed by atoms with E-state index in [0.717, 1.165) is 17.8 Å². The van der Waals surface area contributed by atoms with Gasteiger partial charge in [0.1, 0.15) is 0 Å². The van der Waals surface area contributed by atoms with Crippen LogP contribution in [0.15, 0.2) is 0 Å². The van der Waals surface area contributed by atoms with Crippen LogP contribution in [-0.4, -0.2) is 18.4 Å². The summed E-state index contributed by atoms with van der Waals surface area (Å²) in [7, 11) is 0. The highest BCUT2D eigenvalue weighted by Crippen LogP contribution is 2.10. The molecule has 0 heterocycles. The maximum atomic E-state index is 3.52. The molecule has 80 valence electrons. The fourth-order valence-corrected chi connectivity index (χ4v) is 1.72. The fraction of sp³-hybridized carbons (Fsp3) is 1.00. The predicted molar refractivity (Wildman–Crippen MR) is 64.6 cm³/mol. The summed E-state index contributed by atoms with van der Waals surface area (Å²) < 4.78 is 0. The van der Waals surface area contributed by atoms with Gasteiger partial charge in [-0.05, 0) is 31.8 Å². The molecule has 1 N–H and O–H groups in total. The Morgan fingerprint density at radius 3 is 2.54 bits per heavy atom. The van der Waals surface area contributed by atoms with Gasteiger partial charge in [-0.2, -0.15) is 0 Å². The van der Waals surface area contributed by atoms with Crippen molar-refractivity contribution in [3.05, 3.63) is 0 Å². The smallest absolute Gasteiger partial charge is 0.00433 e. The number of halogens is 1. The number of nitrogens with one attached hydrogen (secondary N) is 1. The zero-order valence-corrected chi connectivity index (χ0v) is 10.7. The lowest BCUT2D eigenvalue weighted by molar-refractivity contribution is 0.420. The zero-order valence-electron chi connectivity index (χ0n) is 9.11. The van der Waals surface area contributed by atoms with Crippen LogP contribution in [0.25, 0.3) is 0 Å². The molecule has 1 unspecified atom stereocenters. The van der Waals surface area contributed by atoms with Crippen molar-refractivity contribution in [1.29, 1.82) is 0 Å². The molecule has 0 aromatic heterocycles. The Balaban J connectivity index is 3.25. The number of hydrogen-bond donors (Lipinski definition) is 1. The van der Waals surface area contributed by atoms with E-state index in [9.17, 15) is 0 Å². The molecule has 2 heteroatoms. The highest BCUT2D eigenvalue weighted by molar-refractivity contribution is 9.09. The quantitative estimate of drug-likeness (QED) is 0.487. The lowest BCUT2D eigenvalue weighted by Crippen LogP contribution is -2.23. The van der Waals surface area contributed by atoms with Gasteiger partial charge in [0, 0.05) is 5.33 Å². The molecular weight excluding hydrogens is 226 g/mol. The molecule has 13 heavy (non-hydrogen) atoms. The minimum absolute atomic E-state index is 0.898. The van der Waals surface area contributed by atoms with Crippen molar-refractivity contribution >= 4 is 15.9 Å². The molecule has 0 bridgehead atoms. The molecule has 0 saturated heterocycles. The number of unbranched alkanes of at least 4 members (excludes halogenated alkanes) is 1. The third-order valence-corrected chi connectivity index (χ3v) is 3.02. The number of alkyl halides is 1. The Hall–Kier alpha value is 0.440. The standard InChI is InChI=1S/C11H24BrN/c1-3-5-7-11(4-2)10-13-9-6-8-12/h11,13H,3-10H2,1-2H3. The van der Waals surface area contributed by atoms with Gasteiger partial charge >= 0.3 is 0 Å². The highest BCUT2D eigenvalue weighted by atomic mass is 79.9. The third-order valence-electron chi connectivity index (χ3n) is 2.46. The van der Waals surface area contributed by atoms with Crippen LogP contribution in [0.5, 0.6) is 0 Å². The second-order valence-electron chi connectivity index (χ2n) is 3.66. The molecule has 0 aliphatic carbocycles. The Labute approximate surface area is 91.8 Å². The topological polar surface area (TPSA) is 12.0 Å². The summed E-state index contributed by atoms with van der Waals surface area (Å²) in [6, 6.07) is 0. The maximum absolute atomic E-state index is 3.52. The Morgan fingerprint density at radius 2 is 2.00 bits per heavy atom. The van der Waals surface area contributed by atoms with Crippen molar-refractivity contribution in [3.8, 4) is 0 Å². The molecule has 1 atom stereocenters. The summed E-state index contributed by atoms with van der Waals surface area (Å²) in [5.74, 6) is 0.898. The Morgan fingerprint density at radius 1 is 1.23 bits per heavy atom. The average Bonchev–Trinajstić information content (AvgIpc) is 2.17. The summed E-state index contributed by atoms with van der Waals surface area (Å²) in [4.78, 5) is 0. The largest absolute Gasteiger partial charge is 0.316 e. The summed E-state index contributed by atoms with van der Waals surface area (Å²) in [5.41, 5.74) is 0. The molecule has 0 aromatic rings. The molecular formula is C11H24BrN. The highest BCUT2D eigenvalue weighted by Gasteiger charge is 2.03. The molecule has 0 amide bonds. The van der Waals surface area contributed by atoms with Gasteiger partial charge in [-0.25, -0.2) is 0 Å². The normalized spacial score (nSPS) is 13.2. The van der Waals surface area contributed by atoms with Gasteiger partial charge in [-0.1, -0.05) is 49.0 Å². The van der Waals surface area contributed by atoms with E-state index in [2.05, 4.69) is 35.1 Å². The van der Waals surface area contributed by atoms with E-state index in [1.165, 1.54) is 38.6 Å². The van der Waals surface area contributed by atoms with Crippen LogP contribution in [0.4, 0.5) is 0 Å². The van der Waals surface area contributed by atoms with Crippen molar-refractivity contribution in [3.63, 3.8) is 0 Å². The minimum atomic E-state index is 0.898. The van der Waals surface area contributed by atoms with Gasteiger partial charge in [0.2, 0.25) is 0 Å². The van der Waals surface area contributed by atoms with E-state index in [0.29, 0.717) is 0 Å². The Kier molecular flexibility index (Phi) is 10.9. The van der Waals surface area contributed by atoms with Gasteiger partial charge in [-0.3, -0.25) is 0 Å². The molecule has 0 aromatic carbocycles. The summed E-state index contributed by atoms with van der Waals surface area (Å²) in [6.45, 7) is 6.94. The average molecular weight is 250 g/mol. The first kappa shape index (κ1) is 13.4. The van der Waals surface area contributed by atoms with Crippen LogP contribution in [0.3, 0.4) is 0 Å². The van der Waals surface area contributed by atoms with Crippen LogP contribution < -0.4 is 5.32 Å². The molecule has 0 rings (SSSR count). The number of rotatable bonds is 9. The molecule has 0 aliphatic heterocycles. The molecule has 0 aliphatic rings. The van der Waals surface area contributed by atoms with Gasteiger partial charge < -0.3 is 5.32 Å². The molecule has 0 spiro atoms. The monoisotopic (exact) mass is 249 g/mol. The van der Waals surface area contributed by atoms with Crippen molar-refractivity contribution in [1.82, 2.24) is 5.32 Å². The van der Waals surface area contributed by atoms with Gasteiger partial charge in [0.05, 0.1) is 0 Å². The fourth-order valence-electron chi connectivity index (χ4n) is 1.44. The van der Waals surface area contributed by atoms with E-state index in [-0.39, 0.29) is 0 Å². The van der Waals surface area contributed by atoms with Gasteiger partial charge in [0.15, 0.2) is 0 Å². The zero-order chi connectivity index (χ0) is 9.94.